The van der Waals surface area contributed by atoms with E-state index in [9.17, 15) is 4.79 Å². The zero-order valence-electron chi connectivity index (χ0n) is 11.1. The predicted octanol–water partition coefficient (Wildman–Crippen LogP) is 0.789. The first-order chi connectivity index (χ1) is 9.70. The summed E-state index contributed by atoms with van der Waals surface area (Å²) in [6.07, 6.45) is -0.273. The number of carbonyl (C=O) groups is 1. The number of nitrogens with two attached hydrogens (primary N) is 1. The molecular weight excluding hydrogens is 258 g/mol. The third-order valence-electron chi connectivity index (χ3n) is 3.06. The maximum Gasteiger partial charge on any atom is 0.226 e. The molecule has 1 aromatic rings. The van der Waals surface area contributed by atoms with Crippen molar-refractivity contribution in [3.63, 3.8) is 0 Å². The van der Waals surface area contributed by atoms with Gasteiger partial charge in [-0.25, -0.2) is 0 Å². The van der Waals surface area contributed by atoms with Crippen LogP contribution in [0.5, 0.6) is 5.75 Å². The standard InChI is InChI=1S/C14H17N3O3/c15-9-11-10-17(6-8-19-11)14(18)5-7-20-13-4-2-1-3-12(13)16/h1-4,11H,5-8,10,16H2. The number of hydrogen-bond donors (Lipinski definition) is 1. The number of amides is 1. The summed E-state index contributed by atoms with van der Waals surface area (Å²) in [5.74, 6) is 0.542. The molecule has 0 radical (unpaired) electrons. The summed E-state index contributed by atoms with van der Waals surface area (Å²) < 4.78 is 10.7. The van der Waals surface area contributed by atoms with Crippen LogP contribution in [0.4, 0.5) is 5.69 Å². The monoisotopic (exact) mass is 275 g/mol. The fraction of sp³-hybridized carbons (Fsp3) is 0.429. The molecule has 0 aromatic heterocycles. The highest BCUT2D eigenvalue weighted by Crippen LogP contribution is 2.19. The number of nitriles is 1. The van der Waals surface area contributed by atoms with E-state index in [0.717, 1.165) is 0 Å². The number of anilines is 1. The number of nitrogen functional groups attached to an aromatic ring is 1. The molecule has 2 rings (SSSR count). The molecule has 1 heterocycles. The molecule has 1 aliphatic rings. The van der Waals surface area contributed by atoms with E-state index in [2.05, 4.69) is 0 Å². The molecule has 1 aromatic carbocycles. The highest BCUT2D eigenvalue weighted by atomic mass is 16.5. The highest BCUT2D eigenvalue weighted by Gasteiger charge is 2.23. The average Bonchev–Trinajstić information content (AvgIpc) is 2.49. The van der Waals surface area contributed by atoms with Crippen LogP contribution in [0, 0.1) is 11.3 Å². The lowest BCUT2D eigenvalue weighted by Crippen LogP contribution is -2.45. The minimum absolute atomic E-state index is 0.0388. The van der Waals surface area contributed by atoms with Crippen LogP contribution in [0.25, 0.3) is 0 Å². The second kappa shape index (κ2) is 6.78. The Morgan fingerprint density at radius 3 is 3.10 bits per heavy atom. The van der Waals surface area contributed by atoms with E-state index in [0.29, 0.717) is 31.1 Å². The first kappa shape index (κ1) is 14.2. The van der Waals surface area contributed by atoms with E-state index >= 15 is 0 Å². The summed E-state index contributed by atoms with van der Waals surface area (Å²) in [4.78, 5) is 13.6. The van der Waals surface area contributed by atoms with Gasteiger partial charge in [0.2, 0.25) is 5.91 Å². The van der Waals surface area contributed by atoms with Crippen molar-refractivity contribution in [2.75, 3.05) is 32.0 Å². The molecule has 1 saturated heterocycles. The van der Waals surface area contributed by atoms with Crippen molar-refractivity contribution in [3.8, 4) is 11.8 Å². The van der Waals surface area contributed by atoms with Gasteiger partial charge in [0.25, 0.3) is 0 Å². The number of morpholine rings is 1. The molecule has 1 amide bonds. The highest BCUT2D eigenvalue weighted by molar-refractivity contribution is 5.76. The average molecular weight is 275 g/mol. The van der Waals surface area contributed by atoms with Gasteiger partial charge in [-0.05, 0) is 12.1 Å². The molecule has 20 heavy (non-hydrogen) atoms. The summed E-state index contributed by atoms with van der Waals surface area (Å²) in [7, 11) is 0. The van der Waals surface area contributed by atoms with Crippen molar-refractivity contribution in [1.29, 1.82) is 5.26 Å². The van der Waals surface area contributed by atoms with Gasteiger partial charge < -0.3 is 20.1 Å². The van der Waals surface area contributed by atoms with Gasteiger partial charge in [0.15, 0.2) is 6.10 Å². The SMILES string of the molecule is N#CC1CN(C(=O)CCOc2ccccc2N)CCO1. The van der Waals surface area contributed by atoms with Gasteiger partial charge in [0.05, 0.1) is 37.9 Å². The molecular formula is C14H17N3O3. The fourth-order valence-electron chi connectivity index (χ4n) is 1.97. The van der Waals surface area contributed by atoms with Gasteiger partial charge in [0.1, 0.15) is 5.75 Å². The Kier molecular flexibility index (Phi) is 4.80. The molecule has 1 fully saturated rings. The van der Waals surface area contributed by atoms with Crippen molar-refractivity contribution in [3.05, 3.63) is 24.3 Å². The van der Waals surface area contributed by atoms with Gasteiger partial charge in [-0.2, -0.15) is 5.26 Å². The molecule has 6 nitrogen and oxygen atoms in total. The number of benzene rings is 1. The Bertz CT molecular complexity index is 513. The van der Waals surface area contributed by atoms with Crippen LogP contribution in [-0.2, 0) is 9.53 Å². The number of nitrogens with zero attached hydrogens (tertiary/aromatic N) is 2. The third kappa shape index (κ3) is 3.62. The number of hydrogen-bond acceptors (Lipinski definition) is 5. The smallest absolute Gasteiger partial charge is 0.226 e. The summed E-state index contributed by atoms with van der Waals surface area (Å²) in [6.45, 7) is 1.51. The Balaban J connectivity index is 1.78. The second-order valence-electron chi connectivity index (χ2n) is 4.46. The van der Waals surface area contributed by atoms with Crippen LogP contribution < -0.4 is 10.5 Å². The van der Waals surface area contributed by atoms with Crippen molar-refractivity contribution in [2.45, 2.75) is 12.5 Å². The first-order valence-electron chi connectivity index (χ1n) is 6.47. The van der Waals surface area contributed by atoms with Gasteiger partial charge in [-0.3, -0.25) is 4.79 Å². The number of ether oxygens (including phenoxy) is 2. The molecule has 2 N–H and O–H groups in total. The number of para-hydroxylation sites is 2. The molecule has 106 valence electrons. The Morgan fingerprint density at radius 2 is 2.35 bits per heavy atom. The lowest BCUT2D eigenvalue weighted by Gasteiger charge is -2.29. The van der Waals surface area contributed by atoms with Crippen LogP contribution in [0.3, 0.4) is 0 Å². The predicted molar refractivity (Wildman–Crippen MR) is 72.9 cm³/mol. The number of carbonyl (C=O) groups excluding carboxylic acids is 1. The third-order valence-corrected chi connectivity index (χ3v) is 3.06. The summed E-state index contributed by atoms with van der Waals surface area (Å²) in [5, 5.41) is 8.79. The van der Waals surface area contributed by atoms with E-state index in [4.69, 9.17) is 20.5 Å². The normalized spacial score (nSPS) is 18.4. The van der Waals surface area contributed by atoms with Crippen molar-refractivity contribution in [2.24, 2.45) is 0 Å². The molecule has 0 bridgehead atoms. The molecule has 1 aliphatic heterocycles. The van der Waals surface area contributed by atoms with Crippen LogP contribution in [-0.4, -0.2) is 43.2 Å². The summed E-state index contributed by atoms with van der Waals surface area (Å²) in [5.41, 5.74) is 6.30. The first-order valence-corrected chi connectivity index (χ1v) is 6.47. The topological polar surface area (TPSA) is 88.6 Å². The molecule has 0 saturated carbocycles. The van der Waals surface area contributed by atoms with Gasteiger partial charge >= 0.3 is 0 Å². The lowest BCUT2D eigenvalue weighted by atomic mass is 10.2. The van der Waals surface area contributed by atoms with Gasteiger partial charge in [0, 0.05) is 6.54 Å². The Morgan fingerprint density at radius 1 is 1.55 bits per heavy atom. The van der Waals surface area contributed by atoms with Crippen LogP contribution in [0.15, 0.2) is 24.3 Å². The van der Waals surface area contributed by atoms with Crippen LogP contribution in [0.1, 0.15) is 6.42 Å². The maximum absolute atomic E-state index is 12.0. The quantitative estimate of drug-likeness (QED) is 0.821. The van der Waals surface area contributed by atoms with Crippen molar-refractivity contribution >= 4 is 11.6 Å². The lowest BCUT2D eigenvalue weighted by molar-refractivity contribution is -0.137. The molecule has 6 heteroatoms. The minimum atomic E-state index is -0.529. The fourth-order valence-corrected chi connectivity index (χ4v) is 1.97. The largest absolute Gasteiger partial charge is 0.491 e. The van der Waals surface area contributed by atoms with Crippen LogP contribution >= 0.6 is 0 Å². The van der Waals surface area contributed by atoms with Crippen molar-refractivity contribution < 1.29 is 14.3 Å². The van der Waals surface area contributed by atoms with Crippen LogP contribution in [0.2, 0.25) is 0 Å². The molecule has 0 spiro atoms. The summed E-state index contributed by atoms with van der Waals surface area (Å²) >= 11 is 0. The zero-order valence-corrected chi connectivity index (χ0v) is 11.1. The van der Waals surface area contributed by atoms with Crippen molar-refractivity contribution in [1.82, 2.24) is 4.90 Å². The Labute approximate surface area is 117 Å². The zero-order chi connectivity index (χ0) is 14.4. The summed E-state index contributed by atoms with van der Waals surface area (Å²) in [6, 6.07) is 9.17. The molecule has 1 atom stereocenters. The van der Waals surface area contributed by atoms with E-state index in [1.807, 2.05) is 18.2 Å². The minimum Gasteiger partial charge on any atom is -0.491 e. The van der Waals surface area contributed by atoms with Gasteiger partial charge in [-0.15, -0.1) is 0 Å². The van der Waals surface area contributed by atoms with E-state index in [1.165, 1.54) is 0 Å². The van der Waals surface area contributed by atoms with Gasteiger partial charge in [-0.1, -0.05) is 12.1 Å². The maximum atomic E-state index is 12.0. The number of rotatable bonds is 4. The second-order valence-corrected chi connectivity index (χ2v) is 4.46. The van der Waals surface area contributed by atoms with E-state index in [1.54, 1.807) is 17.0 Å². The molecule has 0 aliphatic carbocycles. The van der Waals surface area contributed by atoms with E-state index < -0.39 is 6.10 Å². The Hall–Kier alpha value is -2.26. The van der Waals surface area contributed by atoms with E-state index in [-0.39, 0.29) is 18.9 Å². The molecule has 1 unspecified atom stereocenters.